The first kappa shape index (κ1) is 17.4. The first-order chi connectivity index (χ1) is 12.0. The number of benzene rings is 1. The first-order valence-electron chi connectivity index (χ1n) is 7.80. The van der Waals surface area contributed by atoms with Crippen molar-refractivity contribution in [3.63, 3.8) is 0 Å². The van der Waals surface area contributed by atoms with Gasteiger partial charge in [-0.1, -0.05) is 0 Å². The quantitative estimate of drug-likeness (QED) is 0.695. The maximum atomic E-state index is 13.8. The van der Waals surface area contributed by atoms with Crippen LogP contribution in [0.25, 0.3) is 11.3 Å². The Labute approximate surface area is 148 Å². The van der Waals surface area contributed by atoms with Crippen LogP contribution in [0.2, 0.25) is 0 Å². The van der Waals surface area contributed by atoms with Crippen LogP contribution in [0.3, 0.4) is 0 Å². The lowest BCUT2D eigenvalue weighted by molar-refractivity contribution is 0.430. The van der Waals surface area contributed by atoms with E-state index in [1.54, 1.807) is 30.7 Å². The summed E-state index contributed by atoms with van der Waals surface area (Å²) in [4.78, 5) is 8.56. The summed E-state index contributed by atoms with van der Waals surface area (Å²) < 4.78 is 26.9. The first-order valence-corrected chi connectivity index (χ1v) is 8.68. The summed E-state index contributed by atoms with van der Waals surface area (Å²) in [6, 6.07) is 5.05. The molecule has 0 saturated carbocycles. The highest BCUT2D eigenvalue weighted by atomic mass is 32.1. The van der Waals surface area contributed by atoms with Gasteiger partial charge in [0.05, 0.1) is 10.7 Å². The van der Waals surface area contributed by atoms with Crippen LogP contribution in [0.4, 0.5) is 8.78 Å². The molecule has 0 bridgehead atoms. The van der Waals surface area contributed by atoms with E-state index in [2.05, 4.69) is 15.3 Å². The number of thiazole rings is 1. The Kier molecular flexibility index (Phi) is 5.35. The van der Waals surface area contributed by atoms with Gasteiger partial charge in [-0.15, -0.1) is 11.3 Å². The van der Waals surface area contributed by atoms with Crippen LogP contribution < -0.4 is 5.32 Å². The molecule has 2 N–H and O–H groups in total. The van der Waals surface area contributed by atoms with Gasteiger partial charge in [0.15, 0.2) is 0 Å². The van der Waals surface area contributed by atoms with E-state index in [4.69, 9.17) is 0 Å². The summed E-state index contributed by atoms with van der Waals surface area (Å²) in [7, 11) is 0. The SMILES string of the molecule is CC(NCCc1nc(-c2ccncc2)cs1)c1c(O)cc(F)cc1F. The van der Waals surface area contributed by atoms with Crippen LogP contribution in [0.15, 0.2) is 42.0 Å². The molecule has 0 amide bonds. The van der Waals surface area contributed by atoms with Crippen molar-refractivity contribution in [3.8, 4) is 17.0 Å². The van der Waals surface area contributed by atoms with Crippen molar-refractivity contribution in [2.45, 2.75) is 19.4 Å². The molecule has 130 valence electrons. The molecule has 3 rings (SSSR count). The largest absolute Gasteiger partial charge is 0.507 e. The van der Waals surface area contributed by atoms with E-state index in [0.29, 0.717) is 13.0 Å². The van der Waals surface area contributed by atoms with Gasteiger partial charge in [0.1, 0.15) is 17.4 Å². The fourth-order valence-electron chi connectivity index (χ4n) is 2.58. The third-order valence-electron chi connectivity index (χ3n) is 3.82. The number of rotatable bonds is 6. The Morgan fingerprint density at radius 3 is 2.72 bits per heavy atom. The van der Waals surface area contributed by atoms with Crippen LogP contribution in [0, 0.1) is 11.6 Å². The second-order valence-corrected chi connectivity index (χ2v) is 6.55. The normalized spacial score (nSPS) is 12.3. The number of pyridine rings is 1. The molecule has 0 saturated heterocycles. The highest BCUT2D eigenvalue weighted by Gasteiger charge is 2.17. The van der Waals surface area contributed by atoms with Crippen LogP contribution in [0.1, 0.15) is 23.5 Å². The average Bonchev–Trinajstić information content (AvgIpc) is 3.03. The van der Waals surface area contributed by atoms with Gasteiger partial charge in [-0.3, -0.25) is 4.98 Å². The Bertz CT molecular complexity index is 832. The van der Waals surface area contributed by atoms with Crippen molar-refractivity contribution in [3.05, 3.63) is 64.2 Å². The molecule has 1 unspecified atom stereocenters. The number of phenolic OH excluding ortho intramolecular Hbond substituents is 1. The molecule has 2 heterocycles. The smallest absolute Gasteiger partial charge is 0.134 e. The molecule has 1 aromatic carbocycles. The second-order valence-electron chi connectivity index (χ2n) is 5.61. The average molecular weight is 361 g/mol. The number of phenols is 1. The van der Waals surface area contributed by atoms with Crippen molar-refractivity contribution in [2.24, 2.45) is 0 Å². The molecule has 0 radical (unpaired) electrons. The van der Waals surface area contributed by atoms with Gasteiger partial charge in [-0.05, 0) is 19.1 Å². The van der Waals surface area contributed by atoms with E-state index in [1.807, 2.05) is 17.5 Å². The fourth-order valence-corrected chi connectivity index (χ4v) is 3.39. The molecule has 0 aliphatic carbocycles. The maximum absolute atomic E-state index is 13.8. The molecule has 7 heteroatoms. The third kappa shape index (κ3) is 4.18. The Morgan fingerprint density at radius 1 is 1.24 bits per heavy atom. The van der Waals surface area contributed by atoms with Crippen molar-refractivity contribution in [1.82, 2.24) is 15.3 Å². The molecular formula is C18H17F2N3OS. The molecular weight excluding hydrogens is 344 g/mol. The van der Waals surface area contributed by atoms with Crippen molar-refractivity contribution in [2.75, 3.05) is 6.54 Å². The van der Waals surface area contributed by atoms with E-state index in [-0.39, 0.29) is 11.3 Å². The van der Waals surface area contributed by atoms with E-state index in [1.165, 1.54) is 0 Å². The lowest BCUT2D eigenvalue weighted by atomic mass is 10.1. The van der Waals surface area contributed by atoms with Gasteiger partial charge in [-0.2, -0.15) is 0 Å². The van der Waals surface area contributed by atoms with Crippen LogP contribution >= 0.6 is 11.3 Å². The third-order valence-corrected chi connectivity index (χ3v) is 4.73. The zero-order valence-corrected chi connectivity index (χ0v) is 14.4. The van der Waals surface area contributed by atoms with Crippen LogP contribution in [-0.2, 0) is 6.42 Å². The van der Waals surface area contributed by atoms with Gasteiger partial charge in [-0.25, -0.2) is 13.8 Å². The maximum Gasteiger partial charge on any atom is 0.134 e. The minimum absolute atomic E-state index is 0.0676. The van der Waals surface area contributed by atoms with Crippen molar-refractivity contribution >= 4 is 11.3 Å². The van der Waals surface area contributed by atoms with E-state index < -0.39 is 17.7 Å². The highest BCUT2D eigenvalue weighted by Crippen LogP contribution is 2.28. The minimum Gasteiger partial charge on any atom is -0.507 e. The molecule has 0 aliphatic rings. The van der Waals surface area contributed by atoms with E-state index >= 15 is 0 Å². The standard InChI is InChI=1S/C18H17F2N3OS/c1-11(18-14(20)8-13(19)9-16(18)24)22-7-4-17-23-15(10-25-17)12-2-5-21-6-3-12/h2-3,5-6,8-11,22,24H,4,7H2,1H3. The topological polar surface area (TPSA) is 58.0 Å². The van der Waals surface area contributed by atoms with Gasteiger partial charge in [0, 0.05) is 60.0 Å². The van der Waals surface area contributed by atoms with Crippen molar-refractivity contribution < 1.29 is 13.9 Å². The molecule has 1 atom stereocenters. The molecule has 25 heavy (non-hydrogen) atoms. The molecule has 4 nitrogen and oxygen atoms in total. The highest BCUT2D eigenvalue weighted by molar-refractivity contribution is 7.09. The van der Waals surface area contributed by atoms with Gasteiger partial charge >= 0.3 is 0 Å². The number of hydrogen-bond donors (Lipinski definition) is 2. The Balaban J connectivity index is 1.59. The summed E-state index contributed by atoms with van der Waals surface area (Å²) in [5.74, 6) is -1.93. The van der Waals surface area contributed by atoms with E-state index in [9.17, 15) is 13.9 Å². The number of aromatic nitrogens is 2. The summed E-state index contributed by atoms with van der Waals surface area (Å²) in [5, 5.41) is 15.8. The second kappa shape index (κ2) is 7.67. The summed E-state index contributed by atoms with van der Waals surface area (Å²) in [5.41, 5.74) is 1.98. The minimum atomic E-state index is -0.794. The number of halogens is 2. The number of hydrogen-bond acceptors (Lipinski definition) is 5. The lowest BCUT2D eigenvalue weighted by Gasteiger charge is -2.16. The molecule has 0 aliphatic heterocycles. The lowest BCUT2D eigenvalue weighted by Crippen LogP contribution is -2.22. The van der Waals surface area contributed by atoms with Gasteiger partial charge in [0.25, 0.3) is 0 Å². The molecule has 0 spiro atoms. The molecule has 0 fully saturated rings. The fraction of sp³-hybridized carbons (Fsp3) is 0.222. The Morgan fingerprint density at radius 2 is 2.00 bits per heavy atom. The predicted octanol–water partition coefficient (Wildman–Crippen LogP) is 4.08. The Hall–Kier alpha value is -2.38. The zero-order chi connectivity index (χ0) is 17.8. The van der Waals surface area contributed by atoms with E-state index in [0.717, 1.165) is 28.4 Å². The monoisotopic (exact) mass is 361 g/mol. The van der Waals surface area contributed by atoms with Crippen LogP contribution in [0.5, 0.6) is 5.75 Å². The van der Waals surface area contributed by atoms with Gasteiger partial charge < -0.3 is 10.4 Å². The van der Waals surface area contributed by atoms with Gasteiger partial charge in [0.2, 0.25) is 0 Å². The summed E-state index contributed by atoms with van der Waals surface area (Å²) in [6.07, 6.45) is 4.12. The molecule has 3 aromatic rings. The number of aromatic hydroxyl groups is 1. The van der Waals surface area contributed by atoms with Crippen LogP contribution in [-0.4, -0.2) is 21.6 Å². The summed E-state index contributed by atoms with van der Waals surface area (Å²) in [6.45, 7) is 2.28. The predicted molar refractivity (Wildman–Crippen MR) is 93.5 cm³/mol. The molecule has 2 aromatic heterocycles. The number of nitrogens with one attached hydrogen (secondary N) is 1. The van der Waals surface area contributed by atoms with Crippen molar-refractivity contribution in [1.29, 1.82) is 0 Å². The summed E-state index contributed by atoms with van der Waals surface area (Å²) >= 11 is 1.56. The zero-order valence-electron chi connectivity index (χ0n) is 13.5. The number of nitrogens with zero attached hydrogens (tertiary/aromatic N) is 2.